The van der Waals surface area contributed by atoms with Crippen molar-refractivity contribution < 1.29 is 9.53 Å². The molecule has 9 heteroatoms. The number of nitrogens with zero attached hydrogens (tertiary/aromatic N) is 4. The van der Waals surface area contributed by atoms with Crippen molar-refractivity contribution in [1.29, 1.82) is 0 Å². The number of fused-ring (bicyclic) bond motifs is 1. The van der Waals surface area contributed by atoms with Gasteiger partial charge in [0, 0.05) is 24.0 Å². The molecule has 0 aliphatic rings. The highest BCUT2D eigenvalue weighted by Gasteiger charge is 2.18. The van der Waals surface area contributed by atoms with Gasteiger partial charge in [0.2, 0.25) is 5.95 Å². The number of carbonyl (C=O) groups is 1. The van der Waals surface area contributed by atoms with Crippen molar-refractivity contribution in [3.63, 3.8) is 0 Å². The lowest BCUT2D eigenvalue weighted by molar-refractivity contribution is 0.102. The molecule has 0 fully saturated rings. The highest BCUT2D eigenvalue weighted by molar-refractivity contribution is 7.20. The number of nitrogens with two attached hydrogens (primary N) is 1. The summed E-state index contributed by atoms with van der Waals surface area (Å²) in [6.45, 7) is 1.23. The van der Waals surface area contributed by atoms with Crippen molar-refractivity contribution in [2.75, 3.05) is 38.3 Å². The van der Waals surface area contributed by atoms with E-state index in [0.29, 0.717) is 34.3 Å². The van der Waals surface area contributed by atoms with Crippen LogP contribution in [0.5, 0.6) is 5.75 Å². The molecule has 3 N–H and O–H groups in total. The lowest BCUT2D eigenvalue weighted by Gasteiger charge is -2.12. The van der Waals surface area contributed by atoms with E-state index in [1.807, 2.05) is 61.5 Å². The lowest BCUT2D eigenvalue weighted by atomic mass is 10.1. The van der Waals surface area contributed by atoms with Gasteiger partial charge in [0.25, 0.3) is 5.91 Å². The van der Waals surface area contributed by atoms with Gasteiger partial charge in [0.05, 0.1) is 10.4 Å². The number of benzene rings is 2. The summed E-state index contributed by atoms with van der Waals surface area (Å²) in [6, 6.07) is 14.9. The maximum atomic E-state index is 12.8. The Hall–Kier alpha value is -3.56. The quantitative estimate of drug-likeness (QED) is 0.458. The van der Waals surface area contributed by atoms with Gasteiger partial charge in [-0.2, -0.15) is 0 Å². The van der Waals surface area contributed by atoms with Gasteiger partial charge in [-0.15, -0.1) is 11.3 Å². The summed E-state index contributed by atoms with van der Waals surface area (Å²) in [6.07, 6.45) is 1.61. The van der Waals surface area contributed by atoms with Crippen molar-refractivity contribution in [3.05, 3.63) is 59.7 Å². The van der Waals surface area contributed by atoms with Crippen LogP contribution in [0.3, 0.4) is 0 Å². The van der Waals surface area contributed by atoms with Crippen LogP contribution in [-0.4, -0.2) is 53.0 Å². The standard InChI is InChI=1S/C22H22N6O2S/c1-28(2)10-11-30-17-12-14(16-8-9-24-22(23)26-16)13-18-19(17)27-21(31-18)20(29)25-15-6-4-3-5-7-15/h3-9,12-13H,10-11H2,1-2H3,(H,25,29)(H2,23,24,26). The Balaban J connectivity index is 1.71. The maximum Gasteiger partial charge on any atom is 0.284 e. The summed E-state index contributed by atoms with van der Waals surface area (Å²) in [5.41, 5.74) is 8.61. The fraction of sp³-hybridized carbons (Fsp3) is 0.182. The van der Waals surface area contributed by atoms with Crippen LogP contribution >= 0.6 is 11.3 Å². The van der Waals surface area contributed by atoms with Crippen LogP contribution in [0.2, 0.25) is 0 Å². The molecule has 0 unspecified atom stereocenters. The Labute approximate surface area is 183 Å². The van der Waals surface area contributed by atoms with E-state index in [0.717, 1.165) is 16.8 Å². The zero-order valence-corrected chi connectivity index (χ0v) is 18.0. The first-order valence-electron chi connectivity index (χ1n) is 9.67. The van der Waals surface area contributed by atoms with E-state index >= 15 is 0 Å². The Kier molecular flexibility index (Phi) is 6.06. The molecule has 0 aliphatic heterocycles. The van der Waals surface area contributed by atoms with Crippen LogP contribution in [0.4, 0.5) is 11.6 Å². The largest absolute Gasteiger partial charge is 0.490 e. The van der Waals surface area contributed by atoms with E-state index in [4.69, 9.17) is 10.5 Å². The van der Waals surface area contributed by atoms with Gasteiger partial charge in [0.1, 0.15) is 17.9 Å². The zero-order valence-electron chi connectivity index (χ0n) is 17.2. The van der Waals surface area contributed by atoms with Gasteiger partial charge in [-0.3, -0.25) is 4.79 Å². The van der Waals surface area contributed by atoms with Gasteiger partial charge >= 0.3 is 0 Å². The molecule has 0 saturated heterocycles. The Morgan fingerprint density at radius 3 is 2.71 bits per heavy atom. The minimum absolute atomic E-state index is 0.194. The van der Waals surface area contributed by atoms with E-state index in [1.165, 1.54) is 11.3 Å². The monoisotopic (exact) mass is 434 g/mol. The first-order chi connectivity index (χ1) is 15.0. The second-order valence-electron chi connectivity index (χ2n) is 7.11. The van der Waals surface area contributed by atoms with Gasteiger partial charge in [-0.1, -0.05) is 18.2 Å². The Bertz CT molecular complexity index is 1210. The molecule has 4 rings (SSSR count). The molecule has 2 aromatic carbocycles. The molecule has 8 nitrogen and oxygen atoms in total. The fourth-order valence-electron chi connectivity index (χ4n) is 2.93. The van der Waals surface area contributed by atoms with E-state index in [2.05, 4.69) is 20.3 Å². The molecule has 0 aliphatic carbocycles. The van der Waals surface area contributed by atoms with E-state index in [-0.39, 0.29) is 11.9 Å². The number of amides is 1. The number of nitrogens with one attached hydrogen (secondary N) is 1. The van der Waals surface area contributed by atoms with Crippen molar-refractivity contribution in [2.24, 2.45) is 0 Å². The molecule has 0 radical (unpaired) electrons. The molecule has 1 amide bonds. The number of nitrogen functional groups attached to an aromatic ring is 1. The van der Waals surface area contributed by atoms with Crippen molar-refractivity contribution in [1.82, 2.24) is 19.9 Å². The van der Waals surface area contributed by atoms with Crippen LogP contribution in [0.25, 0.3) is 21.5 Å². The summed E-state index contributed by atoms with van der Waals surface area (Å²) < 4.78 is 6.86. The fourth-order valence-corrected chi connectivity index (χ4v) is 3.85. The molecular formula is C22H22N6O2S. The summed E-state index contributed by atoms with van der Waals surface area (Å²) in [5, 5.41) is 3.23. The molecule has 158 valence electrons. The molecule has 0 spiro atoms. The zero-order chi connectivity index (χ0) is 21.8. The highest BCUT2D eigenvalue weighted by atomic mass is 32.1. The third kappa shape index (κ3) is 4.96. The number of hydrogen-bond donors (Lipinski definition) is 2. The molecule has 0 saturated carbocycles. The highest BCUT2D eigenvalue weighted by Crippen LogP contribution is 2.35. The predicted octanol–water partition coefficient (Wildman–Crippen LogP) is 3.53. The number of ether oxygens (including phenoxy) is 1. The van der Waals surface area contributed by atoms with Gasteiger partial charge in [0.15, 0.2) is 5.01 Å². The third-order valence-corrected chi connectivity index (χ3v) is 5.45. The van der Waals surface area contributed by atoms with E-state index < -0.39 is 0 Å². The summed E-state index contributed by atoms with van der Waals surface area (Å²) in [5.74, 6) is 0.529. The average Bonchev–Trinajstić information content (AvgIpc) is 3.19. The number of aromatic nitrogens is 3. The van der Waals surface area contributed by atoms with Crippen LogP contribution in [0.15, 0.2) is 54.7 Å². The normalized spacial score (nSPS) is 11.1. The third-order valence-electron chi connectivity index (χ3n) is 4.45. The smallest absolute Gasteiger partial charge is 0.284 e. The average molecular weight is 435 g/mol. The first kappa shape index (κ1) is 20.7. The number of hydrogen-bond acceptors (Lipinski definition) is 8. The molecule has 31 heavy (non-hydrogen) atoms. The summed E-state index contributed by atoms with van der Waals surface area (Å²) in [4.78, 5) is 27.6. The molecule has 2 aromatic heterocycles. The number of rotatable bonds is 7. The Morgan fingerprint density at radius 1 is 1.16 bits per heavy atom. The van der Waals surface area contributed by atoms with Crippen molar-refractivity contribution >= 4 is 39.1 Å². The SMILES string of the molecule is CN(C)CCOc1cc(-c2ccnc(N)n2)cc2sc(C(=O)Nc3ccccc3)nc12. The minimum atomic E-state index is -0.264. The van der Waals surface area contributed by atoms with Crippen molar-refractivity contribution in [3.8, 4) is 17.0 Å². The van der Waals surface area contributed by atoms with E-state index in [1.54, 1.807) is 12.3 Å². The number of para-hydroxylation sites is 1. The first-order valence-corrected chi connectivity index (χ1v) is 10.5. The second-order valence-corrected chi connectivity index (χ2v) is 8.14. The van der Waals surface area contributed by atoms with Crippen LogP contribution in [0.1, 0.15) is 9.80 Å². The maximum absolute atomic E-state index is 12.8. The second kappa shape index (κ2) is 9.07. The molecule has 0 bridgehead atoms. The van der Waals surface area contributed by atoms with Gasteiger partial charge in [-0.05, 0) is 44.4 Å². The molecule has 0 atom stereocenters. The predicted molar refractivity (Wildman–Crippen MR) is 124 cm³/mol. The lowest BCUT2D eigenvalue weighted by Crippen LogP contribution is -2.19. The number of thiazole rings is 1. The number of carbonyl (C=O) groups excluding carboxylic acids is 1. The van der Waals surface area contributed by atoms with Gasteiger partial charge in [-0.25, -0.2) is 15.0 Å². The van der Waals surface area contributed by atoms with Crippen LogP contribution < -0.4 is 15.8 Å². The number of likely N-dealkylation sites (N-methyl/N-ethyl adjacent to an activating group) is 1. The van der Waals surface area contributed by atoms with Crippen molar-refractivity contribution in [2.45, 2.75) is 0 Å². The minimum Gasteiger partial charge on any atom is -0.490 e. The van der Waals surface area contributed by atoms with Crippen LogP contribution in [0, 0.1) is 0 Å². The molecule has 2 heterocycles. The van der Waals surface area contributed by atoms with Gasteiger partial charge < -0.3 is 20.7 Å². The summed E-state index contributed by atoms with van der Waals surface area (Å²) >= 11 is 1.30. The molecule has 4 aromatic rings. The summed E-state index contributed by atoms with van der Waals surface area (Å²) in [7, 11) is 3.96. The van der Waals surface area contributed by atoms with Crippen LogP contribution in [-0.2, 0) is 0 Å². The van der Waals surface area contributed by atoms with E-state index in [9.17, 15) is 4.79 Å². The Morgan fingerprint density at radius 2 is 1.97 bits per heavy atom. The number of anilines is 2. The molecular weight excluding hydrogens is 412 g/mol. The topological polar surface area (TPSA) is 106 Å².